The van der Waals surface area contributed by atoms with Crippen molar-refractivity contribution in [1.29, 1.82) is 0 Å². The lowest BCUT2D eigenvalue weighted by Gasteiger charge is -2.19. The third kappa shape index (κ3) is 3.03. The van der Waals surface area contributed by atoms with Crippen LogP contribution in [0.2, 0.25) is 0 Å². The zero-order chi connectivity index (χ0) is 14.7. The standard InChI is InChI=1S/C18H19N3/c1-21(13-15-8-6-14(12-19)7-9-15)18-11-10-16-4-2-3-5-17(16)20-18/h2-11H,12-13,19H2,1H3. The van der Waals surface area contributed by atoms with Crippen LogP contribution in [-0.2, 0) is 13.1 Å². The highest BCUT2D eigenvalue weighted by Gasteiger charge is 2.05. The number of hydrogen-bond donors (Lipinski definition) is 1. The number of aromatic nitrogens is 1. The first-order valence-electron chi connectivity index (χ1n) is 7.11. The fourth-order valence-electron chi connectivity index (χ4n) is 2.40. The molecule has 3 nitrogen and oxygen atoms in total. The highest BCUT2D eigenvalue weighted by Crippen LogP contribution is 2.18. The van der Waals surface area contributed by atoms with Gasteiger partial charge in [0.05, 0.1) is 5.52 Å². The molecule has 0 aliphatic rings. The average Bonchev–Trinajstić information content (AvgIpc) is 2.55. The summed E-state index contributed by atoms with van der Waals surface area (Å²) in [6.07, 6.45) is 0. The molecule has 0 amide bonds. The molecule has 0 atom stereocenters. The second-order valence-electron chi connectivity index (χ2n) is 5.24. The first-order chi connectivity index (χ1) is 10.3. The molecule has 2 N–H and O–H groups in total. The van der Waals surface area contributed by atoms with Crippen LogP contribution in [0, 0.1) is 0 Å². The molecule has 3 aromatic rings. The quantitative estimate of drug-likeness (QED) is 0.795. The fraction of sp³-hybridized carbons (Fsp3) is 0.167. The van der Waals surface area contributed by atoms with Gasteiger partial charge < -0.3 is 10.6 Å². The number of anilines is 1. The van der Waals surface area contributed by atoms with Gasteiger partial charge in [-0.05, 0) is 29.3 Å². The van der Waals surface area contributed by atoms with Crippen molar-refractivity contribution in [2.24, 2.45) is 5.73 Å². The smallest absolute Gasteiger partial charge is 0.129 e. The van der Waals surface area contributed by atoms with Gasteiger partial charge in [0, 0.05) is 25.5 Å². The van der Waals surface area contributed by atoms with Gasteiger partial charge in [0.25, 0.3) is 0 Å². The maximum Gasteiger partial charge on any atom is 0.129 e. The van der Waals surface area contributed by atoms with Crippen LogP contribution in [0.25, 0.3) is 10.9 Å². The van der Waals surface area contributed by atoms with Crippen LogP contribution in [0.5, 0.6) is 0 Å². The summed E-state index contributed by atoms with van der Waals surface area (Å²) < 4.78 is 0. The minimum atomic E-state index is 0.586. The second-order valence-corrected chi connectivity index (χ2v) is 5.24. The molecule has 0 fully saturated rings. The molecular weight excluding hydrogens is 258 g/mol. The Morgan fingerprint density at radius 3 is 2.38 bits per heavy atom. The molecule has 0 saturated carbocycles. The molecule has 0 aliphatic heterocycles. The van der Waals surface area contributed by atoms with Crippen molar-refractivity contribution in [3.05, 3.63) is 71.8 Å². The van der Waals surface area contributed by atoms with Crippen LogP contribution in [-0.4, -0.2) is 12.0 Å². The fourth-order valence-corrected chi connectivity index (χ4v) is 2.40. The first-order valence-corrected chi connectivity index (χ1v) is 7.11. The summed E-state index contributed by atoms with van der Waals surface area (Å²) in [5.74, 6) is 0.983. The summed E-state index contributed by atoms with van der Waals surface area (Å²) in [4.78, 5) is 6.87. The first kappa shape index (κ1) is 13.6. The maximum absolute atomic E-state index is 5.62. The van der Waals surface area contributed by atoms with Crippen LogP contribution < -0.4 is 10.6 Å². The van der Waals surface area contributed by atoms with Crippen LogP contribution >= 0.6 is 0 Å². The summed E-state index contributed by atoms with van der Waals surface area (Å²) in [7, 11) is 2.06. The summed E-state index contributed by atoms with van der Waals surface area (Å²) >= 11 is 0. The predicted molar refractivity (Wildman–Crippen MR) is 88.2 cm³/mol. The molecule has 3 heteroatoms. The van der Waals surface area contributed by atoms with E-state index in [1.165, 1.54) is 10.9 Å². The molecule has 21 heavy (non-hydrogen) atoms. The van der Waals surface area contributed by atoms with Gasteiger partial charge in [-0.25, -0.2) is 4.98 Å². The maximum atomic E-state index is 5.62. The molecule has 0 unspecified atom stereocenters. The highest BCUT2D eigenvalue weighted by atomic mass is 15.2. The summed E-state index contributed by atoms with van der Waals surface area (Å²) in [6, 6.07) is 20.8. The topological polar surface area (TPSA) is 42.1 Å². The number of rotatable bonds is 4. The van der Waals surface area contributed by atoms with Crippen molar-refractivity contribution in [1.82, 2.24) is 4.98 Å². The predicted octanol–water partition coefficient (Wildman–Crippen LogP) is 3.33. The van der Waals surface area contributed by atoms with E-state index >= 15 is 0 Å². The van der Waals surface area contributed by atoms with Crippen LogP contribution in [0.4, 0.5) is 5.82 Å². The number of nitrogens with two attached hydrogens (primary N) is 1. The normalized spacial score (nSPS) is 10.8. The lowest BCUT2D eigenvalue weighted by Crippen LogP contribution is -2.17. The molecule has 0 radical (unpaired) electrons. The minimum absolute atomic E-state index is 0.586. The lowest BCUT2D eigenvalue weighted by molar-refractivity contribution is 0.900. The Balaban J connectivity index is 1.80. The van der Waals surface area contributed by atoms with E-state index in [-0.39, 0.29) is 0 Å². The number of fused-ring (bicyclic) bond motifs is 1. The molecule has 3 rings (SSSR count). The van der Waals surface area contributed by atoms with Gasteiger partial charge in [-0.2, -0.15) is 0 Å². The lowest BCUT2D eigenvalue weighted by atomic mass is 10.1. The average molecular weight is 277 g/mol. The molecule has 2 aromatic carbocycles. The van der Waals surface area contributed by atoms with E-state index < -0.39 is 0 Å². The summed E-state index contributed by atoms with van der Waals surface area (Å²) in [5, 5.41) is 1.17. The molecule has 0 bridgehead atoms. The molecular formula is C18H19N3. The van der Waals surface area contributed by atoms with Crippen molar-refractivity contribution in [3.63, 3.8) is 0 Å². The third-order valence-corrected chi connectivity index (χ3v) is 3.65. The van der Waals surface area contributed by atoms with Crippen molar-refractivity contribution < 1.29 is 0 Å². The van der Waals surface area contributed by atoms with E-state index in [0.29, 0.717) is 6.54 Å². The molecule has 0 aliphatic carbocycles. The van der Waals surface area contributed by atoms with Gasteiger partial charge in [-0.15, -0.1) is 0 Å². The zero-order valence-corrected chi connectivity index (χ0v) is 12.2. The van der Waals surface area contributed by atoms with Crippen LogP contribution in [0.3, 0.4) is 0 Å². The Bertz CT molecular complexity index is 735. The van der Waals surface area contributed by atoms with Crippen LogP contribution in [0.15, 0.2) is 60.7 Å². The monoisotopic (exact) mass is 277 g/mol. The Kier molecular flexibility index (Phi) is 3.84. The van der Waals surface area contributed by atoms with Crippen molar-refractivity contribution in [3.8, 4) is 0 Å². The largest absolute Gasteiger partial charge is 0.355 e. The number of benzene rings is 2. The summed E-state index contributed by atoms with van der Waals surface area (Å²) in [5.41, 5.74) is 9.06. The molecule has 1 aromatic heterocycles. The van der Waals surface area contributed by atoms with Crippen LogP contribution in [0.1, 0.15) is 11.1 Å². The molecule has 0 spiro atoms. The Morgan fingerprint density at radius 1 is 0.905 bits per heavy atom. The van der Waals surface area contributed by atoms with Crippen molar-refractivity contribution >= 4 is 16.7 Å². The Morgan fingerprint density at radius 2 is 1.62 bits per heavy atom. The molecule has 1 heterocycles. The van der Waals surface area contributed by atoms with Gasteiger partial charge >= 0.3 is 0 Å². The van der Waals surface area contributed by atoms with E-state index in [0.717, 1.165) is 23.4 Å². The van der Waals surface area contributed by atoms with Crippen molar-refractivity contribution in [2.75, 3.05) is 11.9 Å². The Labute approximate surface area is 125 Å². The van der Waals surface area contributed by atoms with Gasteiger partial charge in [0.15, 0.2) is 0 Å². The number of pyridine rings is 1. The van der Waals surface area contributed by atoms with Gasteiger partial charge in [0.1, 0.15) is 5.82 Å². The van der Waals surface area contributed by atoms with Crippen molar-refractivity contribution in [2.45, 2.75) is 13.1 Å². The van der Waals surface area contributed by atoms with E-state index in [4.69, 9.17) is 10.7 Å². The van der Waals surface area contributed by atoms with Gasteiger partial charge in [0.2, 0.25) is 0 Å². The van der Waals surface area contributed by atoms with Gasteiger partial charge in [-0.3, -0.25) is 0 Å². The minimum Gasteiger partial charge on any atom is -0.355 e. The number of hydrogen-bond acceptors (Lipinski definition) is 3. The Hall–Kier alpha value is -2.39. The zero-order valence-electron chi connectivity index (χ0n) is 12.2. The highest BCUT2D eigenvalue weighted by molar-refractivity contribution is 5.80. The van der Waals surface area contributed by atoms with E-state index in [1.54, 1.807) is 0 Å². The van der Waals surface area contributed by atoms with E-state index in [9.17, 15) is 0 Å². The molecule has 0 saturated heterocycles. The van der Waals surface area contributed by atoms with E-state index in [1.807, 2.05) is 18.2 Å². The second kappa shape index (κ2) is 5.94. The third-order valence-electron chi connectivity index (χ3n) is 3.65. The summed E-state index contributed by atoms with van der Waals surface area (Å²) in [6.45, 7) is 1.42. The van der Waals surface area contributed by atoms with Gasteiger partial charge in [-0.1, -0.05) is 42.5 Å². The number of para-hydroxylation sites is 1. The molecule has 106 valence electrons. The SMILES string of the molecule is CN(Cc1ccc(CN)cc1)c1ccc2ccccc2n1. The van der Waals surface area contributed by atoms with E-state index in [2.05, 4.69) is 54.4 Å². The number of nitrogens with zero attached hydrogens (tertiary/aromatic N) is 2.